The summed E-state index contributed by atoms with van der Waals surface area (Å²) in [5.41, 5.74) is 2.04. The van der Waals surface area contributed by atoms with Gasteiger partial charge in [-0.3, -0.25) is 4.90 Å². The van der Waals surface area contributed by atoms with Gasteiger partial charge in [0, 0.05) is 30.3 Å². The number of para-hydroxylation sites is 2. The summed E-state index contributed by atoms with van der Waals surface area (Å²) in [6.07, 6.45) is 1.30. The van der Waals surface area contributed by atoms with Crippen molar-refractivity contribution in [1.29, 1.82) is 0 Å². The lowest BCUT2D eigenvalue weighted by atomic mass is 9.84. The molecular formula is C26H26ClFN2O2. The molecule has 5 rings (SSSR count). The van der Waals surface area contributed by atoms with Crippen LogP contribution >= 0.6 is 11.6 Å². The Hall–Kier alpha value is -2.60. The quantitative estimate of drug-likeness (QED) is 0.578. The minimum absolute atomic E-state index is 0.0309. The van der Waals surface area contributed by atoms with Crippen molar-refractivity contribution >= 4 is 23.0 Å². The summed E-state index contributed by atoms with van der Waals surface area (Å²) in [5.74, 6) is 0.594. The van der Waals surface area contributed by atoms with E-state index in [0.717, 1.165) is 42.3 Å². The fourth-order valence-electron chi connectivity index (χ4n) is 4.70. The van der Waals surface area contributed by atoms with Crippen LogP contribution in [0, 0.1) is 5.82 Å². The molecule has 2 heterocycles. The number of halogens is 2. The third-order valence-electron chi connectivity index (χ3n) is 6.50. The van der Waals surface area contributed by atoms with Gasteiger partial charge in [0.1, 0.15) is 17.7 Å². The third kappa shape index (κ3) is 4.33. The van der Waals surface area contributed by atoms with E-state index in [-0.39, 0.29) is 11.9 Å². The normalized spacial score (nSPS) is 20.5. The lowest BCUT2D eigenvalue weighted by Crippen LogP contribution is -2.49. The van der Waals surface area contributed by atoms with Crippen molar-refractivity contribution < 1.29 is 14.2 Å². The molecule has 1 unspecified atom stereocenters. The van der Waals surface area contributed by atoms with E-state index in [4.69, 9.17) is 16.3 Å². The Morgan fingerprint density at radius 3 is 2.38 bits per heavy atom. The minimum atomic E-state index is -0.818. The standard InChI is InChI=1S/C26H26ClFN2O2/c27-20-7-5-19(6-8-20)26(31)13-15-29(16-14-26)17-23-18-30(22-11-9-21(28)10-12-22)24-3-1-2-4-25(24)32-23/h1-12,23,31H,13-18H2. The highest BCUT2D eigenvalue weighted by Gasteiger charge is 2.36. The molecule has 1 saturated heterocycles. The summed E-state index contributed by atoms with van der Waals surface area (Å²) in [5, 5.41) is 11.8. The highest BCUT2D eigenvalue weighted by molar-refractivity contribution is 6.30. The monoisotopic (exact) mass is 452 g/mol. The fraction of sp³-hybridized carbons (Fsp3) is 0.308. The molecule has 1 fully saturated rings. The summed E-state index contributed by atoms with van der Waals surface area (Å²) in [6.45, 7) is 3.03. The summed E-state index contributed by atoms with van der Waals surface area (Å²) >= 11 is 6.00. The zero-order chi connectivity index (χ0) is 22.1. The molecule has 166 valence electrons. The Balaban J connectivity index is 1.28. The van der Waals surface area contributed by atoms with Crippen molar-refractivity contribution in [3.05, 3.63) is 89.2 Å². The minimum Gasteiger partial charge on any atom is -0.485 e. The van der Waals surface area contributed by atoms with E-state index in [1.807, 2.05) is 60.7 Å². The summed E-state index contributed by atoms with van der Waals surface area (Å²) in [7, 11) is 0. The number of piperidine rings is 1. The van der Waals surface area contributed by atoms with Gasteiger partial charge in [0.2, 0.25) is 0 Å². The molecule has 32 heavy (non-hydrogen) atoms. The zero-order valence-electron chi connectivity index (χ0n) is 17.8. The topological polar surface area (TPSA) is 35.9 Å². The van der Waals surface area contributed by atoms with Crippen molar-refractivity contribution in [3.8, 4) is 5.75 Å². The van der Waals surface area contributed by atoms with E-state index in [0.29, 0.717) is 24.4 Å². The van der Waals surface area contributed by atoms with Crippen LogP contribution in [0.25, 0.3) is 0 Å². The fourth-order valence-corrected chi connectivity index (χ4v) is 4.83. The number of benzene rings is 3. The molecule has 1 N–H and O–H groups in total. The van der Waals surface area contributed by atoms with Gasteiger partial charge < -0.3 is 14.7 Å². The number of hydrogen-bond donors (Lipinski definition) is 1. The van der Waals surface area contributed by atoms with Crippen LogP contribution in [0.2, 0.25) is 5.02 Å². The third-order valence-corrected chi connectivity index (χ3v) is 6.75. The molecule has 3 aromatic carbocycles. The van der Waals surface area contributed by atoms with Crippen LogP contribution < -0.4 is 9.64 Å². The summed E-state index contributed by atoms with van der Waals surface area (Å²) in [6, 6.07) is 22.1. The van der Waals surface area contributed by atoms with Crippen LogP contribution in [0.4, 0.5) is 15.8 Å². The molecular weight excluding hydrogens is 427 g/mol. The number of anilines is 2. The van der Waals surface area contributed by atoms with Gasteiger partial charge in [0.25, 0.3) is 0 Å². The number of hydrogen-bond acceptors (Lipinski definition) is 4. The molecule has 4 nitrogen and oxygen atoms in total. The average molecular weight is 453 g/mol. The van der Waals surface area contributed by atoms with Gasteiger partial charge >= 0.3 is 0 Å². The van der Waals surface area contributed by atoms with Gasteiger partial charge in [0.15, 0.2) is 0 Å². The van der Waals surface area contributed by atoms with Crippen molar-refractivity contribution in [2.75, 3.05) is 31.1 Å². The van der Waals surface area contributed by atoms with Crippen LogP contribution in [0.5, 0.6) is 5.75 Å². The van der Waals surface area contributed by atoms with Crippen LogP contribution in [0.15, 0.2) is 72.8 Å². The molecule has 0 spiro atoms. The average Bonchev–Trinajstić information content (AvgIpc) is 2.81. The smallest absolute Gasteiger partial charge is 0.143 e. The summed E-state index contributed by atoms with van der Waals surface area (Å²) in [4.78, 5) is 4.54. The lowest BCUT2D eigenvalue weighted by Gasteiger charge is -2.42. The number of nitrogens with zero attached hydrogens (tertiary/aromatic N) is 2. The predicted octanol–water partition coefficient (Wildman–Crippen LogP) is 5.36. The maximum Gasteiger partial charge on any atom is 0.143 e. The van der Waals surface area contributed by atoms with Crippen molar-refractivity contribution in [1.82, 2.24) is 4.90 Å². The summed E-state index contributed by atoms with van der Waals surface area (Å²) < 4.78 is 19.8. The van der Waals surface area contributed by atoms with Crippen LogP contribution in [0.1, 0.15) is 18.4 Å². The van der Waals surface area contributed by atoms with Crippen molar-refractivity contribution in [2.45, 2.75) is 24.5 Å². The Morgan fingerprint density at radius 2 is 1.66 bits per heavy atom. The van der Waals surface area contributed by atoms with Gasteiger partial charge in [-0.25, -0.2) is 4.39 Å². The Bertz CT molecular complexity index is 1070. The SMILES string of the molecule is OC1(c2ccc(Cl)cc2)CCN(CC2CN(c3ccc(F)cc3)c3ccccc3O2)CC1. The van der Waals surface area contributed by atoms with Crippen LogP contribution in [-0.4, -0.2) is 42.3 Å². The van der Waals surface area contributed by atoms with Crippen molar-refractivity contribution in [3.63, 3.8) is 0 Å². The predicted molar refractivity (Wildman–Crippen MR) is 125 cm³/mol. The van der Waals surface area contributed by atoms with E-state index in [1.54, 1.807) is 0 Å². The van der Waals surface area contributed by atoms with Crippen LogP contribution in [0.3, 0.4) is 0 Å². The van der Waals surface area contributed by atoms with Gasteiger partial charge in [-0.15, -0.1) is 0 Å². The first-order valence-electron chi connectivity index (χ1n) is 11.0. The molecule has 0 aliphatic carbocycles. The Labute approximate surface area is 192 Å². The maximum absolute atomic E-state index is 13.5. The molecule has 0 amide bonds. The molecule has 0 bridgehead atoms. The van der Waals surface area contributed by atoms with Gasteiger partial charge in [-0.2, -0.15) is 0 Å². The second-order valence-electron chi connectivity index (χ2n) is 8.63. The first-order chi connectivity index (χ1) is 15.5. The van der Waals surface area contributed by atoms with E-state index in [1.165, 1.54) is 12.1 Å². The molecule has 3 aromatic rings. The van der Waals surface area contributed by atoms with E-state index >= 15 is 0 Å². The zero-order valence-corrected chi connectivity index (χ0v) is 18.5. The lowest BCUT2D eigenvalue weighted by molar-refractivity contribution is -0.0324. The molecule has 2 aliphatic heterocycles. The first-order valence-corrected chi connectivity index (χ1v) is 11.4. The van der Waals surface area contributed by atoms with Crippen LogP contribution in [-0.2, 0) is 5.60 Å². The number of ether oxygens (including phenoxy) is 1. The Kier molecular flexibility index (Phi) is 5.80. The van der Waals surface area contributed by atoms with E-state index < -0.39 is 5.60 Å². The van der Waals surface area contributed by atoms with E-state index in [2.05, 4.69) is 9.80 Å². The number of aliphatic hydroxyl groups is 1. The Morgan fingerprint density at radius 1 is 0.969 bits per heavy atom. The molecule has 0 aromatic heterocycles. The number of fused-ring (bicyclic) bond motifs is 1. The molecule has 2 aliphatic rings. The molecule has 0 radical (unpaired) electrons. The highest BCUT2D eigenvalue weighted by atomic mass is 35.5. The van der Waals surface area contributed by atoms with Crippen molar-refractivity contribution in [2.24, 2.45) is 0 Å². The highest BCUT2D eigenvalue weighted by Crippen LogP contribution is 2.39. The maximum atomic E-state index is 13.5. The molecule has 1 atom stereocenters. The van der Waals surface area contributed by atoms with E-state index in [9.17, 15) is 9.50 Å². The second kappa shape index (κ2) is 8.74. The van der Waals surface area contributed by atoms with Gasteiger partial charge in [-0.1, -0.05) is 35.9 Å². The number of likely N-dealkylation sites (tertiary alicyclic amines) is 1. The second-order valence-corrected chi connectivity index (χ2v) is 9.07. The largest absolute Gasteiger partial charge is 0.485 e. The first kappa shape index (κ1) is 21.3. The molecule has 6 heteroatoms. The molecule has 0 saturated carbocycles. The van der Waals surface area contributed by atoms with Gasteiger partial charge in [0.05, 0.1) is 17.8 Å². The number of rotatable bonds is 4. The van der Waals surface area contributed by atoms with Gasteiger partial charge in [-0.05, 0) is 66.9 Å².